The smallest absolute Gasteiger partial charge is 0.195 e. The lowest BCUT2D eigenvalue weighted by Gasteiger charge is -2.04. The lowest BCUT2D eigenvalue weighted by atomic mass is 10.4. The predicted octanol–water partition coefficient (Wildman–Crippen LogP) is 0.638. The van der Waals surface area contributed by atoms with Crippen molar-refractivity contribution in [1.29, 1.82) is 0 Å². The van der Waals surface area contributed by atoms with Gasteiger partial charge >= 0.3 is 0 Å². The van der Waals surface area contributed by atoms with Crippen molar-refractivity contribution in [3.05, 3.63) is 28.6 Å². The Morgan fingerprint density at radius 2 is 2.31 bits per heavy atom. The number of nitrogens with zero attached hydrogens (tertiary/aromatic N) is 4. The van der Waals surface area contributed by atoms with E-state index in [2.05, 4.69) is 15.3 Å². The van der Waals surface area contributed by atoms with Crippen molar-refractivity contribution in [1.82, 2.24) is 24.5 Å². The molecule has 0 fully saturated rings. The van der Waals surface area contributed by atoms with Gasteiger partial charge in [-0.1, -0.05) is 0 Å². The molecule has 0 saturated heterocycles. The first-order valence-corrected chi connectivity index (χ1v) is 5.35. The summed E-state index contributed by atoms with van der Waals surface area (Å²) in [5, 5.41) is 19.8. The van der Waals surface area contributed by atoms with E-state index in [1.165, 1.54) is 0 Å². The van der Waals surface area contributed by atoms with E-state index in [-0.39, 0.29) is 6.61 Å². The average molecular weight is 239 g/mol. The molecule has 0 spiro atoms. The summed E-state index contributed by atoms with van der Waals surface area (Å²) >= 11 is 5.06. The van der Waals surface area contributed by atoms with Crippen LogP contribution in [0.5, 0.6) is 0 Å². The molecule has 16 heavy (non-hydrogen) atoms. The van der Waals surface area contributed by atoms with Crippen LogP contribution in [0.4, 0.5) is 0 Å². The lowest BCUT2D eigenvalue weighted by molar-refractivity contribution is 0.263. The number of hydrogen-bond acceptors (Lipinski definition) is 4. The third-order valence-electron chi connectivity index (χ3n) is 2.29. The molecule has 2 N–H and O–H groups in total. The van der Waals surface area contributed by atoms with Gasteiger partial charge in [-0.15, -0.1) is 0 Å². The van der Waals surface area contributed by atoms with Crippen molar-refractivity contribution in [3.8, 4) is 0 Å². The summed E-state index contributed by atoms with van der Waals surface area (Å²) in [6.45, 7) is 3.22. The molecule has 7 heteroatoms. The first-order chi connectivity index (χ1) is 7.70. The molecule has 0 aromatic carbocycles. The number of rotatable bonds is 4. The predicted molar refractivity (Wildman–Crippen MR) is 60.3 cm³/mol. The third kappa shape index (κ3) is 2.20. The summed E-state index contributed by atoms with van der Waals surface area (Å²) in [5.41, 5.74) is 1.12. The fourth-order valence-corrected chi connectivity index (χ4v) is 1.74. The topological polar surface area (TPSA) is 71.7 Å². The molecule has 0 atom stereocenters. The summed E-state index contributed by atoms with van der Waals surface area (Å²) in [7, 11) is 0. The highest BCUT2D eigenvalue weighted by Gasteiger charge is 2.04. The highest BCUT2D eigenvalue weighted by Crippen LogP contribution is 2.00. The number of aromatic nitrogens is 5. The normalized spacial score (nSPS) is 10.9. The molecule has 2 aromatic rings. The van der Waals surface area contributed by atoms with Crippen molar-refractivity contribution in [2.75, 3.05) is 0 Å². The maximum atomic E-state index is 9.06. The molecule has 0 aliphatic heterocycles. The average Bonchev–Trinajstić information content (AvgIpc) is 2.82. The number of hydrogen-bond donors (Lipinski definition) is 2. The van der Waals surface area contributed by atoms with E-state index in [4.69, 9.17) is 17.3 Å². The van der Waals surface area contributed by atoms with Crippen LogP contribution < -0.4 is 0 Å². The fraction of sp³-hybridized carbons (Fsp3) is 0.444. The van der Waals surface area contributed by atoms with Crippen LogP contribution in [0.15, 0.2) is 12.4 Å². The minimum Gasteiger partial charge on any atom is -0.388 e. The molecular weight excluding hydrogens is 226 g/mol. The van der Waals surface area contributed by atoms with Gasteiger partial charge < -0.3 is 9.67 Å². The lowest BCUT2D eigenvalue weighted by Crippen LogP contribution is -2.10. The maximum absolute atomic E-state index is 9.06. The van der Waals surface area contributed by atoms with E-state index in [0.717, 1.165) is 5.56 Å². The van der Waals surface area contributed by atoms with Gasteiger partial charge in [0, 0.05) is 12.7 Å². The molecule has 2 rings (SSSR count). The number of H-pyrrole nitrogens is 1. The van der Waals surface area contributed by atoms with Crippen molar-refractivity contribution in [3.63, 3.8) is 0 Å². The number of aliphatic hydroxyl groups is 1. The van der Waals surface area contributed by atoms with Gasteiger partial charge in [0.2, 0.25) is 0 Å². The largest absolute Gasteiger partial charge is 0.388 e. The minimum atomic E-state index is -0.120. The zero-order valence-corrected chi connectivity index (χ0v) is 9.74. The first-order valence-electron chi connectivity index (χ1n) is 4.94. The maximum Gasteiger partial charge on any atom is 0.195 e. The van der Waals surface area contributed by atoms with Gasteiger partial charge in [0.15, 0.2) is 10.6 Å². The molecule has 86 valence electrons. The van der Waals surface area contributed by atoms with Gasteiger partial charge in [-0.3, -0.25) is 9.78 Å². The van der Waals surface area contributed by atoms with Crippen LogP contribution in [0.25, 0.3) is 0 Å². The summed E-state index contributed by atoms with van der Waals surface area (Å²) < 4.78 is 4.13. The second-order valence-electron chi connectivity index (χ2n) is 3.54. The second-order valence-corrected chi connectivity index (χ2v) is 3.92. The molecule has 0 bridgehead atoms. The quantitative estimate of drug-likeness (QED) is 0.768. The molecule has 0 saturated carbocycles. The molecular formula is C9H13N5OS. The van der Waals surface area contributed by atoms with Gasteiger partial charge in [0.25, 0.3) is 0 Å². The van der Waals surface area contributed by atoms with Crippen LogP contribution in [-0.4, -0.2) is 29.7 Å². The second kappa shape index (κ2) is 4.58. The van der Waals surface area contributed by atoms with E-state index in [9.17, 15) is 0 Å². The van der Waals surface area contributed by atoms with Crippen LogP contribution >= 0.6 is 12.2 Å². The number of aromatic amines is 1. The Morgan fingerprint density at radius 3 is 2.94 bits per heavy atom. The zero-order valence-electron chi connectivity index (χ0n) is 8.92. The van der Waals surface area contributed by atoms with Gasteiger partial charge in [-0.05, 0) is 24.7 Å². The molecule has 6 nitrogen and oxygen atoms in total. The number of nitrogens with one attached hydrogen (secondary N) is 1. The third-order valence-corrected chi connectivity index (χ3v) is 2.61. The molecule has 2 aromatic heterocycles. The first kappa shape index (κ1) is 11.0. The van der Waals surface area contributed by atoms with Crippen LogP contribution in [0.1, 0.15) is 11.4 Å². The Morgan fingerprint density at radius 1 is 1.50 bits per heavy atom. The van der Waals surface area contributed by atoms with Crippen molar-refractivity contribution in [2.24, 2.45) is 0 Å². The molecule has 0 aliphatic carbocycles. The van der Waals surface area contributed by atoms with E-state index >= 15 is 0 Å². The number of aliphatic hydroxyl groups excluding tert-OH is 1. The Kier molecular flexibility index (Phi) is 3.16. The molecule has 2 heterocycles. The van der Waals surface area contributed by atoms with E-state index < -0.39 is 0 Å². The Balaban J connectivity index is 2.09. The monoisotopic (exact) mass is 239 g/mol. The Bertz CT molecular complexity index is 526. The minimum absolute atomic E-state index is 0.120. The summed E-state index contributed by atoms with van der Waals surface area (Å²) in [6, 6.07) is 0. The highest BCUT2D eigenvalue weighted by molar-refractivity contribution is 7.71. The Hall–Kier alpha value is -1.47. The van der Waals surface area contributed by atoms with Crippen molar-refractivity contribution < 1.29 is 5.11 Å². The van der Waals surface area contributed by atoms with Crippen molar-refractivity contribution >= 4 is 12.2 Å². The number of aryl methyl sites for hydroxylation is 2. The van der Waals surface area contributed by atoms with Crippen LogP contribution in [0.2, 0.25) is 0 Å². The van der Waals surface area contributed by atoms with Gasteiger partial charge in [0.05, 0.1) is 12.7 Å². The summed E-state index contributed by atoms with van der Waals surface area (Å²) in [4.78, 5) is 0. The summed E-state index contributed by atoms with van der Waals surface area (Å²) in [6.07, 6.45) is 3.77. The summed E-state index contributed by atoms with van der Waals surface area (Å²) in [5.74, 6) is 0.550. The van der Waals surface area contributed by atoms with Gasteiger partial charge in [-0.2, -0.15) is 10.2 Å². The standard InChI is InChI=1S/C9H13N5OS/c1-7-4-10-13(5-7)2-3-14-8(6-15)11-12-9(14)16/h4-5,15H,2-3,6H2,1H3,(H,12,16). The van der Waals surface area contributed by atoms with E-state index in [0.29, 0.717) is 23.7 Å². The van der Waals surface area contributed by atoms with Gasteiger partial charge in [-0.25, -0.2) is 0 Å². The van der Waals surface area contributed by atoms with E-state index in [1.54, 1.807) is 4.57 Å². The molecule has 0 aliphatic rings. The highest BCUT2D eigenvalue weighted by atomic mass is 32.1. The zero-order chi connectivity index (χ0) is 11.5. The van der Waals surface area contributed by atoms with Crippen LogP contribution in [0.3, 0.4) is 0 Å². The van der Waals surface area contributed by atoms with Crippen molar-refractivity contribution in [2.45, 2.75) is 26.6 Å². The fourth-order valence-electron chi connectivity index (χ4n) is 1.49. The Labute approximate surface area is 97.5 Å². The van der Waals surface area contributed by atoms with Gasteiger partial charge in [0.1, 0.15) is 6.61 Å². The van der Waals surface area contributed by atoms with Crippen LogP contribution in [-0.2, 0) is 19.7 Å². The van der Waals surface area contributed by atoms with Crippen LogP contribution in [0, 0.1) is 11.7 Å². The molecule has 0 radical (unpaired) electrons. The molecule has 0 unspecified atom stereocenters. The molecule has 0 amide bonds. The SMILES string of the molecule is Cc1cnn(CCn2c(CO)n[nH]c2=S)c1. The van der Waals surface area contributed by atoms with E-state index in [1.807, 2.05) is 24.0 Å².